The lowest BCUT2D eigenvalue weighted by atomic mass is 9.99. The number of rotatable bonds is 5. The molecule has 54 heavy (non-hydrogen) atoms. The number of fused-ring (bicyclic) bond motifs is 7. The van der Waals surface area contributed by atoms with Crippen molar-refractivity contribution in [3.8, 4) is 56.4 Å². The fraction of sp³-hybridized carbons (Fsp3) is 0. The van der Waals surface area contributed by atoms with Gasteiger partial charge in [-0.15, -0.1) is 0 Å². The first-order valence-corrected chi connectivity index (χ1v) is 18.0. The van der Waals surface area contributed by atoms with Crippen molar-refractivity contribution < 1.29 is 8.83 Å². The van der Waals surface area contributed by atoms with Crippen LogP contribution in [0.3, 0.4) is 0 Å². The van der Waals surface area contributed by atoms with Crippen molar-refractivity contribution in [3.63, 3.8) is 0 Å². The molecule has 11 aromatic rings. The van der Waals surface area contributed by atoms with Crippen LogP contribution >= 0.6 is 0 Å². The highest BCUT2D eigenvalue weighted by molar-refractivity contribution is 6.13. The molecule has 0 amide bonds. The summed E-state index contributed by atoms with van der Waals surface area (Å²) in [5, 5.41) is 6.31. The fourth-order valence-electron chi connectivity index (χ4n) is 7.68. The van der Waals surface area contributed by atoms with Crippen molar-refractivity contribution in [1.82, 2.24) is 15.0 Å². The third-order valence-electron chi connectivity index (χ3n) is 10.4. The second kappa shape index (κ2) is 12.1. The zero-order chi connectivity index (χ0) is 35.6. The van der Waals surface area contributed by atoms with E-state index in [0.717, 1.165) is 82.5 Å². The van der Waals surface area contributed by atoms with Crippen molar-refractivity contribution in [1.29, 1.82) is 0 Å². The Hall–Kier alpha value is -7.37. The van der Waals surface area contributed by atoms with Gasteiger partial charge in [0.05, 0.1) is 5.56 Å². The maximum absolute atomic E-state index is 6.55. The van der Waals surface area contributed by atoms with E-state index in [1.807, 2.05) is 48.5 Å². The standard InChI is InChI=1S/C49H29N3O2/c1-2-10-30(11-3-1)32-20-22-33(23-21-32)35-26-27-39-44(29-35)53-43-19-9-16-40(45(39)43)48-50-47(36-25-24-31-12-4-5-13-34(31)28-36)51-49(52-48)41-17-8-15-38-37-14-6-7-18-42(37)54-46(38)41/h1-29H. The Morgan fingerprint density at radius 2 is 0.926 bits per heavy atom. The average Bonchev–Trinajstić information content (AvgIpc) is 3.82. The topological polar surface area (TPSA) is 65.0 Å². The summed E-state index contributed by atoms with van der Waals surface area (Å²) in [7, 11) is 0. The Kier molecular flexibility index (Phi) is 6.79. The lowest BCUT2D eigenvalue weighted by Crippen LogP contribution is -2.00. The molecule has 0 aliphatic rings. The van der Waals surface area contributed by atoms with E-state index in [-0.39, 0.29) is 0 Å². The highest BCUT2D eigenvalue weighted by atomic mass is 16.3. The molecule has 0 bridgehead atoms. The Balaban J connectivity index is 1.09. The molecule has 0 N–H and O–H groups in total. The van der Waals surface area contributed by atoms with Crippen molar-refractivity contribution in [2.45, 2.75) is 0 Å². The summed E-state index contributed by atoms with van der Waals surface area (Å²) in [6.45, 7) is 0. The van der Waals surface area contributed by atoms with E-state index in [2.05, 4.69) is 127 Å². The summed E-state index contributed by atoms with van der Waals surface area (Å²) in [4.78, 5) is 15.5. The fourth-order valence-corrected chi connectivity index (χ4v) is 7.68. The van der Waals surface area contributed by atoms with Crippen LogP contribution in [0.4, 0.5) is 0 Å². The predicted octanol–water partition coefficient (Wildman–Crippen LogP) is 13.2. The molecule has 0 aliphatic carbocycles. The van der Waals surface area contributed by atoms with Crippen molar-refractivity contribution in [3.05, 3.63) is 176 Å². The second-order valence-electron chi connectivity index (χ2n) is 13.6. The van der Waals surface area contributed by atoms with E-state index in [1.54, 1.807) is 0 Å². The normalized spacial score (nSPS) is 11.7. The van der Waals surface area contributed by atoms with Crippen LogP contribution in [0, 0.1) is 0 Å². The van der Waals surface area contributed by atoms with Gasteiger partial charge in [0.25, 0.3) is 0 Å². The minimum Gasteiger partial charge on any atom is -0.456 e. The second-order valence-corrected chi connectivity index (χ2v) is 13.6. The van der Waals surface area contributed by atoms with Crippen LogP contribution in [0.5, 0.6) is 0 Å². The Morgan fingerprint density at radius 1 is 0.315 bits per heavy atom. The first-order valence-electron chi connectivity index (χ1n) is 18.0. The summed E-state index contributed by atoms with van der Waals surface area (Å²) in [5.74, 6) is 1.68. The Morgan fingerprint density at radius 3 is 1.80 bits per heavy atom. The highest BCUT2D eigenvalue weighted by Gasteiger charge is 2.21. The SMILES string of the molecule is c1ccc(-c2ccc(-c3ccc4c(c3)oc3cccc(-c5nc(-c6ccc7ccccc7c6)nc(-c6cccc7c6oc6ccccc67)n5)c34)cc2)cc1. The zero-order valence-electron chi connectivity index (χ0n) is 28.9. The van der Waals surface area contributed by atoms with Gasteiger partial charge in [-0.2, -0.15) is 0 Å². The van der Waals surface area contributed by atoms with E-state index >= 15 is 0 Å². The minimum absolute atomic E-state index is 0.541. The van der Waals surface area contributed by atoms with Gasteiger partial charge >= 0.3 is 0 Å². The van der Waals surface area contributed by atoms with Crippen LogP contribution < -0.4 is 0 Å². The minimum atomic E-state index is 0.541. The predicted molar refractivity (Wildman–Crippen MR) is 219 cm³/mol. The van der Waals surface area contributed by atoms with Gasteiger partial charge in [0.2, 0.25) is 0 Å². The summed E-state index contributed by atoms with van der Waals surface area (Å²) >= 11 is 0. The number of hydrogen-bond acceptors (Lipinski definition) is 5. The van der Waals surface area contributed by atoms with Crippen LogP contribution in [0.1, 0.15) is 0 Å². The molecule has 252 valence electrons. The third kappa shape index (κ3) is 4.98. The van der Waals surface area contributed by atoms with Crippen LogP contribution in [-0.2, 0) is 0 Å². The Labute approximate surface area is 309 Å². The summed E-state index contributed by atoms with van der Waals surface area (Å²) in [5.41, 5.74) is 10.3. The number of aromatic nitrogens is 3. The third-order valence-corrected chi connectivity index (χ3v) is 10.4. The summed E-state index contributed by atoms with van der Waals surface area (Å²) < 4.78 is 13.0. The summed E-state index contributed by atoms with van der Waals surface area (Å²) in [6.07, 6.45) is 0. The van der Waals surface area contributed by atoms with Gasteiger partial charge in [0.1, 0.15) is 22.3 Å². The van der Waals surface area contributed by atoms with Gasteiger partial charge in [0, 0.05) is 32.7 Å². The van der Waals surface area contributed by atoms with Crippen molar-refractivity contribution in [2.75, 3.05) is 0 Å². The molecule has 0 aliphatic heterocycles. The molecule has 0 radical (unpaired) electrons. The highest BCUT2D eigenvalue weighted by Crippen LogP contribution is 2.40. The lowest BCUT2D eigenvalue weighted by molar-refractivity contribution is 0.668. The maximum atomic E-state index is 6.55. The molecular weight excluding hydrogens is 663 g/mol. The first-order chi connectivity index (χ1) is 26.7. The van der Waals surface area contributed by atoms with Gasteiger partial charge in [-0.05, 0) is 69.4 Å². The van der Waals surface area contributed by atoms with E-state index in [4.69, 9.17) is 23.8 Å². The van der Waals surface area contributed by atoms with Crippen molar-refractivity contribution in [2.24, 2.45) is 0 Å². The molecule has 0 atom stereocenters. The molecular formula is C49H29N3O2. The number of nitrogens with zero attached hydrogens (tertiary/aromatic N) is 3. The van der Waals surface area contributed by atoms with E-state index in [9.17, 15) is 0 Å². The van der Waals surface area contributed by atoms with E-state index in [1.165, 1.54) is 11.1 Å². The number of para-hydroxylation sites is 2. The first kappa shape index (κ1) is 30.3. The molecule has 8 aromatic carbocycles. The lowest BCUT2D eigenvalue weighted by Gasteiger charge is -2.10. The summed E-state index contributed by atoms with van der Waals surface area (Å²) in [6, 6.07) is 60.5. The van der Waals surface area contributed by atoms with Crippen LogP contribution in [0.15, 0.2) is 185 Å². The number of benzene rings is 8. The molecule has 0 saturated carbocycles. The molecule has 11 rings (SSSR count). The van der Waals surface area contributed by atoms with Gasteiger partial charge in [-0.3, -0.25) is 0 Å². The molecule has 3 heterocycles. The molecule has 3 aromatic heterocycles. The van der Waals surface area contributed by atoms with Gasteiger partial charge in [-0.25, -0.2) is 15.0 Å². The van der Waals surface area contributed by atoms with Gasteiger partial charge < -0.3 is 8.83 Å². The molecule has 0 fully saturated rings. The average molecular weight is 692 g/mol. The quantitative estimate of drug-likeness (QED) is 0.180. The molecule has 0 spiro atoms. The molecule has 5 heteroatoms. The van der Waals surface area contributed by atoms with Gasteiger partial charge in [0.15, 0.2) is 17.5 Å². The smallest absolute Gasteiger partial charge is 0.167 e. The maximum Gasteiger partial charge on any atom is 0.167 e. The van der Waals surface area contributed by atoms with Crippen LogP contribution in [0.25, 0.3) is 111 Å². The number of hydrogen-bond donors (Lipinski definition) is 0. The molecule has 5 nitrogen and oxygen atoms in total. The monoisotopic (exact) mass is 691 g/mol. The largest absolute Gasteiger partial charge is 0.456 e. The zero-order valence-corrected chi connectivity index (χ0v) is 28.9. The molecule has 0 unspecified atom stereocenters. The van der Waals surface area contributed by atoms with Gasteiger partial charge in [-0.1, -0.05) is 140 Å². The van der Waals surface area contributed by atoms with Crippen molar-refractivity contribution >= 4 is 54.6 Å². The van der Waals surface area contributed by atoms with Crippen LogP contribution in [0.2, 0.25) is 0 Å². The van der Waals surface area contributed by atoms with Crippen LogP contribution in [-0.4, -0.2) is 15.0 Å². The Bertz CT molecular complexity index is 3210. The van der Waals surface area contributed by atoms with E-state index in [0.29, 0.717) is 17.5 Å². The molecule has 0 saturated heterocycles. The van der Waals surface area contributed by atoms with E-state index < -0.39 is 0 Å². The number of furan rings is 2.